The Kier molecular flexibility index (Phi) is 13.4. The molecular weight excluding hydrogens is 216 g/mol. The van der Waals surface area contributed by atoms with Gasteiger partial charge in [-0.15, -0.1) is 0 Å². The third kappa shape index (κ3) is 11.1. The molecule has 1 fully saturated rings. The van der Waals surface area contributed by atoms with Gasteiger partial charge < -0.3 is 0 Å². The lowest BCUT2D eigenvalue weighted by molar-refractivity contribution is 0.593. The summed E-state index contributed by atoms with van der Waals surface area (Å²) in [6.07, 6.45) is 17.3. The van der Waals surface area contributed by atoms with Crippen LogP contribution in [-0.4, -0.2) is 0 Å². The average molecular weight is 255 g/mol. The highest BCUT2D eigenvalue weighted by molar-refractivity contribution is 4.84. The quantitative estimate of drug-likeness (QED) is 0.369. The van der Waals surface area contributed by atoms with Gasteiger partial charge in [-0.1, -0.05) is 98.3 Å². The number of rotatable bonds is 10. The van der Waals surface area contributed by atoms with E-state index >= 15 is 0 Å². The topological polar surface area (TPSA) is 0 Å². The first-order valence-corrected chi connectivity index (χ1v) is 8.79. The molecule has 0 bridgehead atoms. The van der Waals surface area contributed by atoms with Crippen molar-refractivity contribution in [3.8, 4) is 0 Å². The largest absolute Gasteiger partial charge is 0.0654 e. The molecule has 0 N–H and O–H groups in total. The Bertz CT molecular complexity index is 134. The molecule has 1 rings (SSSR count). The first-order valence-electron chi connectivity index (χ1n) is 8.79. The van der Waals surface area contributed by atoms with Crippen molar-refractivity contribution in [3.63, 3.8) is 0 Å². The summed E-state index contributed by atoms with van der Waals surface area (Å²) in [5, 5.41) is 0. The second kappa shape index (κ2) is 13.4. The molecule has 1 aliphatic rings. The maximum atomic E-state index is 2.29. The highest BCUT2D eigenvalue weighted by Crippen LogP contribution is 2.44. The van der Waals surface area contributed by atoms with Gasteiger partial charge in [0.2, 0.25) is 0 Å². The molecule has 0 aromatic rings. The maximum absolute atomic E-state index is 2.29. The zero-order chi connectivity index (χ0) is 13.6. The third-order valence-corrected chi connectivity index (χ3v) is 4.10. The van der Waals surface area contributed by atoms with E-state index in [9.17, 15) is 0 Å². The van der Waals surface area contributed by atoms with Gasteiger partial charge in [0.1, 0.15) is 0 Å². The molecule has 18 heavy (non-hydrogen) atoms. The molecule has 0 radical (unpaired) electrons. The third-order valence-electron chi connectivity index (χ3n) is 4.10. The number of hydrogen-bond acceptors (Lipinski definition) is 0. The van der Waals surface area contributed by atoms with Gasteiger partial charge in [-0.05, 0) is 18.3 Å². The first kappa shape index (κ1) is 18.0. The average Bonchev–Trinajstić information content (AvgIpc) is 3.09. The van der Waals surface area contributed by atoms with Gasteiger partial charge in [-0.2, -0.15) is 0 Å². The minimum Gasteiger partial charge on any atom is -0.0654 e. The summed E-state index contributed by atoms with van der Waals surface area (Å²) < 4.78 is 0. The summed E-state index contributed by atoms with van der Waals surface area (Å²) in [4.78, 5) is 0. The highest BCUT2D eigenvalue weighted by atomic mass is 14.4. The fraction of sp³-hybridized carbons (Fsp3) is 1.00. The van der Waals surface area contributed by atoms with Crippen LogP contribution >= 0.6 is 0 Å². The zero-order valence-corrected chi connectivity index (χ0v) is 13.6. The molecule has 0 aliphatic heterocycles. The summed E-state index contributed by atoms with van der Waals surface area (Å²) in [5.41, 5.74) is 0. The van der Waals surface area contributed by atoms with E-state index in [1.54, 1.807) is 6.42 Å². The zero-order valence-electron chi connectivity index (χ0n) is 13.6. The van der Waals surface area contributed by atoms with Crippen LogP contribution in [0.4, 0.5) is 0 Å². The second-order valence-electron chi connectivity index (χ2n) is 6.10. The lowest BCUT2D eigenvalue weighted by atomic mass is 10.1. The SMILES string of the molecule is CCCC1CC1CCC.CCCCCCCCC. The van der Waals surface area contributed by atoms with Gasteiger partial charge in [0, 0.05) is 0 Å². The molecule has 110 valence electrons. The van der Waals surface area contributed by atoms with Crippen LogP contribution in [0.3, 0.4) is 0 Å². The molecule has 0 saturated heterocycles. The summed E-state index contributed by atoms with van der Waals surface area (Å²) in [7, 11) is 0. The van der Waals surface area contributed by atoms with Crippen LogP contribution < -0.4 is 0 Å². The highest BCUT2D eigenvalue weighted by Gasteiger charge is 2.34. The lowest BCUT2D eigenvalue weighted by Gasteiger charge is -1.96. The van der Waals surface area contributed by atoms with E-state index in [2.05, 4.69) is 27.7 Å². The van der Waals surface area contributed by atoms with Crippen LogP contribution in [0.25, 0.3) is 0 Å². The van der Waals surface area contributed by atoms with Crippen molar-refractivity contribution in [2.75, 3.05) is 0 Å². The molecule has 0 heterocycles. The summed E-state index contributed by atoms with van der Waals surface area (Å²) in [5.74, 6) is 2.27. The summed E-state index contributed by atoms with van der Waals surface area (Å²) in [6.45, 7) is 9.11. The van der Waals surface area contributed by atoms with E-state index in [0.717, 1.165) is 11.8 Å². The van der Waals surface area contributed by atoms with Crippen LogP contribution in [0, 0.1) is 11.8 Å². The molecule has 2 unspecified atom stereocenters. The van der Waals surface area contributed by atoms with Crippen LogP contribution in [0.2, 0.25) is 0 Å². The molecule has 0 amide bonds. The van der Waals surface area contributed by atoms with Crippen molar-refractivity contribution in [1.29, 1.82) is 0 Å². The van der Waals surface area contributed by atoms with E-state index in [0.29, 0.717) is 0 Å². The van der Waals surface area contributed by atoms with Crippen molar-refractivity contribution >= 4 is 0 Å². The van der Waals surface area contributed by atoms with Gasteiger partial charge in [0.05, 0.1) is 0 Å². The molecule has 0 spiro atoms. The molecule has 1 aliphatic carbocycles. The molecular formula is C18H38. The summed E-state index contributed by atoms with van der Waals surface area (Å²) >= 11 is 0. The normalized spacial score (nSPS) is 21.3. The molecule has 0 nitrogen and oxygen atoms in total. The Balaban J connectivity index is 0.000000321. The fourth-order valence-electron chi connectivity index (χ4n) is 2.79. The van der Waals surface area contributed by atoms with Crippen molar-refractivity contribution in [2.24, 2.45) is 11.8 Å². The smallest absolute Gasteiger partial charge is 0.0383 e. The van der Waals surface area contributed by atoms with E-state index < -0.39 is 0 Å². The monoisotopic (exact) mass is 254 g/mol. The van der Waals surface area contributed by atoms with E-state index in [4.69, 9.17) is 0 Å². The standard InChI is InChI=1S/C9H18.C9H20/c1-3-5-8-7-9(8)6-4-2;1-3-5-7-9-8-6-4-2/h8-9H,3-7H2,1-2H3;3-9H2,1-2H3. The van der Waals surface area contributed by atoms with E-state index in [-0.39, 0.29) is 0 Å². The molecule has 0 aromatic heterocycles. The number of hydrogen-bond donors (Lipinski definition) is 0. The number of unbranched alkanes of at least 4 members (excludes halogenated alkanes) is 6. The van der Waals surface area contributed by atoms with Crippen molar-refractivity contribution in [2.45, 2.75) is 105 Å². The molecule has 0 heteroatoms. The van der Waals surface area contributed by atoms with E-state index in [1.807, 2.05) is 0 Å². The Morgan fingerprint density at radius 1 is 0.556 bits per heavy atom. The Morgan fingerprint density at radius 2 is 0.944 bits per heavy atom. The van der Waals surface area contributed by atoms with Crippen LogP contribution in [0.1, 0.15) is 105 Å². The van der Waals surface area contributed by atoms with Gasteiger partial charge >= 0.3 is 0 Å². The maximum Gasteiger partial charge on any atom is -0.0383 e. The van der Waals surface area contributed by atoms with E-state index in [1.165, 1.54) is 70.6 Å². The van der Waals surface area contributed by atoms with Gasteiger partial charge in [-0.3, -0.25) is 0 Å². The van der Waals surface area contributed by atoms with Crippen LogP contribution in [0.5, 0.6) is 0 Å². The Labute approximate surface area is 117 Å². The summed E-state index contributed by atoms with van der Waals surface area (Å²) in [6, 6.07) is 0. The molecule has 2 atom stereocenters. The molecule has 0 aromatic carbocycles. The van der Waals surface area contributed by atoms with Crippen LogP contribution in [-0.2, 0) is 0 Å². The fourth-order valence-corrected chi connectivity index (χ4v) is 2.79. The predicted octanol–water partition coefficient (Wildman–Crippen LogP) is 6.98. The van der Waals surface area contributed by atoms with Gasteiger partial charge in [0.15, 0.2) is 0 Å². The second-order valence-corrected chi connectivity index (χ2v) is 6.10. The van der Waals surface area contributed by atoms with Crippen molar-refractivity contribution < 1.29 is 0 Å². The lowest BCUT2D eigenvalue weighted by Crippen LogP contribution is -1.80. The molecule has 1 saturated carbocycles. The Hall–Kier alpha value is 0. The predicted molar refractivity (Wildman–Crippen MR) is 85.1 cm³/mol. The first-order chi connectivity index (χ1) is 8.79. The van der Waals surface area contributed by atoms with Gasteiger partial charge in [-0.25, -0.2) is 0 Å². The van der Waals surface area contributed by atoms with Gasteiger partial charge in [0.25, 0.3) is 0 Å². The minimum atomic E-state index is 1.13. The van der Waals surface area contributed by atoms with Crippen LogP contribution in [0.15, 0.2) is 0 Å². The minimum absolute atomic E-state index is 1.13. The van der Waals surface area contributed by atoms with Crippen molar-refractivity contribution in [1.82, 2.24) is 0 Å². The Morgan fingerprint density at radius 3 is 1.28 bits per heavy atom. The van der Waals surface area contributed by atoms with Crippen molar-refractivity contribution in [3.05, 3.63) is 0 Å².